The summed E-state index contributed by atoms with van der Waals surface area (Å²) in [7, 11) is 0. The molecule has 0 heterocycles. The van der Waals surface area contributed by atoms with Gasteiger partial charge in [-0.2, -0.15) is 0 Å². The van der Waals surface area contributed by atoms with Crippen LogP contribution in [0.15, 0.2) is 0 Å². The number of carbonyl (C=O) groups is 1. The molecule has 4 nitrogen and oxygen atoms in total. The van der Waals surface area contributed by atoms with E-state index in [1.54, 1.807) is 0 Å². The van der Waals surface area contributed by atoms with Crippen LogP contribution < -0.4 is 11.1 Å². The number of hydrogen-bond acceptors (Lipinski definition) is 2. The molecule has 1 fully saturated rings. The van der Waals surface area contributed by atoms with Crippen LogP contribution in [0.2, 0.25) is 0 Å². The van der Waals surface area contributed by atoms with Crippen molar-refractivity contribution in [1.82, 2.24) is 5.32 Å². The summed E-state index contributed by atoms with van der Waals surface area (Å²) in [6, 6.07) is 0.255. The third kappa shape index (κ3) is 3.18. The first kappa shape index (κ1) is 11.3. The second-order valence-corrected chi connectivity index (χ2v) is 4.87. The average molecular weight is 200 g/mol. The number of rotatable bonds is 3. The van der Waals surface area contributed by atoms with Crippen molar-refractivity contribution < 1.29 is 9.90 Å². The lowest BCUT2D eigenvalue weighted by Crippen LogP contribution is -2.45. The molecule has 0 aromatic heterocycles. The zero-order valence-electron chi connectivity index (χ0n) is 8.92. The molecule has 0 radical (unpaired) electrons. The topological polar surface area (TPSA) is 75.3 Å². The second-order valence-electron chi connectivity index (χ2n) is 4.87. The molecule has 1 rings (SSSR count). The molecule has 2 atom stereocenters. The predicted octanol–water partition coefficient (Wildman–Crippen LogP) is 1.55. The van der Waals surface area contributed by atoms with E-state index < -0.39 is 6.09 Å². The van der Waals surface area contributed by atoms with Gasteiger partial charge in [0.2, 0.25) is 0 Å². The van der Waals surface area contributed by atoms with Gasteiger partial charge in [0.15, 0.2) is 0 Å². The highest BCUT2D eigenvalue weighted by Gasteiger charge is 2.31. The Labute approximate surface area is 84.9 Å². The highest BCUT2D eigenvalue weighted by molar-refractivity contribution is 5.65. The minimum atomic E-state index is -0.957. The van der Waals surface area contributed by atoms with Gasteiger partial charge in [-0.3, -0.25) is 0 Å². The van der Waals surface area contributed by atoms with Crippen molar-refractivity contribution in [3.8, 4) is 0 Å². The van der Waals surface area contributed by atoms with Crippen molar-refractivity contribution in [2.45, 2.75) is 51.1 Å². The minimum absolute atomic E-state index is 0.255. The molecular weight excluding hydrogens is 180 g/mol. The fourth-order valence-electron chi connectivity index (χ4n) is 2.31. The zero-order valence-corrected chi connectivity index (χ0v) is 8.92. The number of nitrogens with two attached hydrogens (primary N) is 1. The standard InChI is InChI=1S/C10H20N2O2/c1-10(2,12-9(13)14)6-7-4-3-5-8(7)11/h7-8,12H,3-6,11H2,1-2H3,(H,13,14)/t7-,8+/m0/s1. The van der Waals surface area contributed by atoms with Crippen molar-refractivity contribution in [2.24, 2.45) is 11.7 Å². The number of nitrogens with one attached hydrogen (secondary N) is 1. The SMILES string of the molecule is CC(C)(C[C@@H]1CCC[C@H]1N)NC(=O)O. The van der Waals surface area contributed by atoms with Crippen LogP contribution in [0.1, 0.15) is 39.5 Å². The normalized spacial score (nSPS) is 27.6. The van der Waals surface area contributed by atoms with E-state index >= 15 is 0 Å². The Morgan fingerprint density at radius 2 is 2.21 bits per heavy atom. The molecule has 0 bridgehead atoms. The summed E-state index contributed by atoms with van der Waals surface area (Å²) < 4.78 is 0. The largest absolute Gasteiger partial charge is 0.465 e. The maximum Gasteiger partial charge on any atom is 0.405 e. The van der Waals surface area contributed by atoms with Crippen LogP contribution in [0.5, 0.6) is 0 Å². The van der Waals surface area contributed by atoms with Crippen LogP contribution >= 0.6 is 0 Å². The van der Waals surface area contributed by atoms with Gasteiger partial charge in [0.05, 0.1) is 0 Å². The number of amides is 1. The molecule has 1 aliphatic carbocycles. The predicted molar refractivity (Wildman–Crippen MR) is 55.2 cm³/mol. The molecule has 4 N–H and O–H groups in total. The van der Waals surface area contributed by atoms with E-state index in [4.69, 9.17) is 10.8 Å². The Balaban J connectivity index is 2.45. The molecule has 0 spiro atoms. The molecule has 0 unspecified atom stereocenters. The van der Waals surface area contributed by atoms with Crippen LogP contribution in [-0.2, 0) is 0 Å². The molecule has 1 amide bonds. The zero-order chi connectivity index (χ0) is 10.8. The molecule has 0 aromatic rings. The van der Waals surface area contributed by atoms with Crippen molar-refractivity contribution in [1.29, 1.82) is 0 Å². The van der Waals surface area contributed by atoms with Crippen molar-refractivity contribution in [3.05, 3.63) is 0 Å². The van der Waals surface area contributed by atoms with Gasteiger partial charge in [-0.05, 0) is 39.0 Å². The highest BCUT2D eigenvalue weighted by atomic mass is 16.4. The van der Waals surface area contributed by atoms with Gasteiger partial charge in [0.1, 0.15) is 0 Å². The molecule has 0 aromatic carbocycles. The van der Waals surface area contributed by atoms with E-state index in [0.29, 0.717) is 5.92 Å². The molecule has 1 saturated carbocycles. The third-order valence-electron chi connectivity index (χ3n) is 2.94. The van der Waals surface area contributed by atoms with Gasteiger partial charge in [0, 0.05) is 11.6 Å². The fraction of sp³-hybridized carbons (Fsp3) is 0.900. The summed E-state index contributed by atoms with van der Waals surface area (Å²) >= 11 is 0. The third-order valence-corrected chi connectivity index (χ3v) is 2.94. The maximum atomic E-state index is 10.5. The molecule has 1 aliphatic rings. The van der Waals surface area contributed by atoms with E-state index in [-0.39, 0.29) is 11.6 Å². The minimum Gasteiger partial charge on any atom is -0.465 e. The summed E-state index contributed by atoms with van der Waals surface area (Å²) in [4.78, 5) is 10.5. The van der Waals surface area contributed by atoms with Crippen LogP contribution in [0.3, 0.4) is 0 Å². The monoisotopic (exact) mass is 200 g/mol. The van der Waals surface area contributed by atoms with Gasteiger partial charge in [0.25, 0.3) is 0 Å². The Kier molecular flexibility index (Phi) is 3.37. The first-order valence-corrected chi connectivity index (χ1v) is 5.17. The molecule has 14 heavy (non-hydrogen) atoms. The smallest absolute Gasteiger partial charge is 0.405 e. The number of hydrogen-bond donors (Lipinski definition) is 3. The lowest BCUT2D eigenvalue weighted by atomic mass is 9.88. The van der Waals surface area contributed by atoms with Crippen molar-refractivity contribution in [2.75, 3.05) is 0 Å². The second kappa shape index (κ2) is 4.17. The van der Waals surface area contributed by atoms with E-state index in [1.807, 2.05) is 13.8 Å². The summed E-state index contributed by atoms with van der Waals surface area (Å²) in [5.74, 6) is 0.469. The number of carboxylic acid groups (broad SMARTS) is 1. The van der Waals surface area contributed by atoms with E-state index in [2.05, 4.69) is 5.32 Å². The molecule has 0 aliphatic heterocycles. The highest BCUT2D eigenvalue weighted by Crippen LogP contribution is 2.30. The summed E-state index contributed by atoms with van der Waals surface area (Å²) in [6.45, 7) is 3.82. The molecule has 4 heteroatoms. The Bertz CT molecular complexity index is 216. The van der Waals surface area contributed by atoms with Gasteiger partial charge in [-0.15, -0.1) is 0 Å². The lowest BCUT2D eigenvalue weighted by Gasteiger charge is -2.29. The summed E-state index contributed by atoms with van der Waals surface area (Å²) in [5.41, 5.74) is 5.58. The quantitative estimate of drug-likeness (QED) is 0.647. The van der Waals surface area contributed by atoms with Crippen LogP contribution in [0.4, 0.5) is 4.79 Å². The van der Waals surface area contributed by atoms with Crippen LogP contribution in [-0.4, -0.2) is 22.8 Å². The van der Waals surface area contributed by atoms with Gasteiger partial charge >= 0.3 is 6.09 Å². The molecular formula is C10H20N2O2. The van der Waals surface area contributed by atoms with Crippen molar-refractivity contribution >= 4 is 6.09 Å². The van der Waals surface area contributed by atoms with Gasteiger partial charge in [-0.25, -0.2) is 4.79 Å². The summed E-state index contributed by atoms with van der Waals surface area (Å²) in [5, 5.41) is 11.2. The van der Waals surface area contributed by atoms with Crippen molar-refractivity contribution in [3.63, 3.8) is 0 Å². The Morgan fingerprint density at radius 3 is 2.64 bits per heavy atom. The van der Waals surface area contributed by atoms with E-state index in [1.165, 1.54) is 6.42 Å². The van der Waals surface area contributed by atoms with Crippen LogP contribution in [0.25, 0.3) is 0 Å². The Hall–Kier alpha value is -0.770. The molecule has 0 saturated heterocycles. The Morgan fingerprint density at radius 1 is 1.57 bits per heavy atom. The van der Waals surface area contributed by atoms with E-state index in [0.717, 1.165) is 19.3 Å². The van der Waals surface area contributed by atoms with Crippen LogP contribution in [0, 0.1) is 5.92 Å². The average Bonchev–Trinajstić information content (AvgIpc) is 2.32. The first-order chi connectivity index (χ1) is 6.41. The fourth-order valence-corrected chi connectivity index (χ4v) is 2.31. The lowest BCUT2D eigenvalue weighted by molar-refractivity contribution is 0.175. The maximum absolute atomic E-state index is 10.5. The van der Waals surface area contributed by atoms with Gasteiger partial charge in [-0.1, -0.05) is 6.42 Å². The summed E-state index contributed by atoms with van der Waals surface area (Å²) in [6.07, 6.45) is 3.26. The molecule has 82 valence electrons. The van der Waals surface area contributed by atoms with E-state index in [9.17, 15) is 4.79 Å². The first-order valence-electron chi connectivity index (χ1n) is 5.17. The van der Waals surface area contributed by atoms with Gasteiger partial charge < -0.3 is 16.2 Å².